The van der Waals surface area contributed by atoms with Crippen LogP contribution in [0.5, 0.6) is 0 Å². The van der Waals surface area contributed by atoms with E-state index in [1.807, 2.05) is 0 Å². The van der Waals surface area contributed by atoms with Crippen molar-refractivity contribution < 1.29 is 12.4 Å². The SMILES string of the molecule is CCOC(C)=O.[Ca+2].[H-].[H-]. The first-order valence-electron chi connectivity index (χ1n) is 1.90. The van der Waals surface area contributed by atoms with Crippen molar-refractivity contribution in [2.75, 3.05) is 6.61 Å². The van der Waals surface area contributed by atoms with Crippen molar-refractivity contribution in [1.29, 1.82) is 0 Å². The Morgan fingerprint density at radius 2 is 2.29 bits per heavy atom. The van der Waals surface area contributed by atoms with Crippen molar-refractivity contribution >= 4 is 43.7 Å². The Morgan fingerprint density at radius 3 is 2.29 bits per heavy atom. The summed E-state index contributed by atoms with van der Waals surface area (Å²) in [4.78, 5) is 9.82. The normalized spacial score (nSPS) is 6.57. The summed E-state index contributed by atoms with van der Waals surface area (Å²) >= 11 is 0. The minimum atomic E-state index is -0.211. The number of ether oxygens (including phenoxy) is 1. The molecule has 2 nitrogen and oxygen atoms in total. The summed E-state index contributed by atoms with van der Waals surface area (Å²) in [6, 6.07) is 0. The van der Waals surface area contributed by atoms with Gasteiger partial charge in [-0.2, -0.15) is 0 Å². The molecule has 0 saturated carbocycles. The topological polar surface area (TPSA) is 26.3 Å². The number of hydrogen-bond acceptors (Lipinski definition) is 2. The van der Waals surface area contributed by atoms with Crippen LogP contribution in [0, 0.1) is 0 Å². The van der Waals surface area contributed by atoms with Gasteiger partial charge in [0.1, 0.15) is 0 Å². The Bertz CT molecular complexity index is 60.5. The van der Waals surface area contributed by atoms with E-state index in [4.69, 9.17) is 0 Å². The summed E-state index contributed by atoms with van der Waals surface area (Å²) < 4.78 is 4.40. The van der Waals surface area contributed by atoms with Crippen LogP contribution >= 0.6 is 0 Å². The molecule has 0 bridgehead atoms. The summed E-state index contributed by atoms with van der Waals surface area (Å²) in [6.07, 6.45) is 0. The third-order valence-corrected chi connectivity index (χ3v) is 0.348. The summed E-state index contributed by atoms with van der Waals surface area (Å²) in [5.41, 5.74) is 0. The summed E-state index contributed by atoms with van der Waals surface area (Å²) in [6.45, 7) is 3.65. The minimum absolute atomic E-state index is 0. The van der Waals surface area contributed by atoms with Crippen LogP contribution in [0.1, 0.15) is 16.7 Å². The number of hydrogen-bond donors (Lipinski definition) is 0. The molecule has 0 N–H and O–H groups in total. The molecule has 0 radical (unpaired) electrons. The van der Waals surface area contributed by atoms with E-state index in [0.29, 0.717) is 6.61 Å². The standard InChI is InChI=1S/C4H8O2.Ca.2H/c1-3-6-4(2)5;;;/h3H2,1-2H3;;;/q;+2;2*-1. The van der Waals surface area contributed by atoms with Crippen molar-refractivity contribution in [3.8, 4) is 0 Å². The van der Waals surface area contributed by atoms with E-state index in [9.17, 15) is 4.79 Å². The van der Waals surface area contributed by atoms with Crippen LogP contribution in [0.4, 0.5) is 0 Å². The van der Waals surface area contributed by atoms with Crippen molar-refractivity contribution in [1.82, 2.24) is 0 Å². The molecule has 0 rings (SSSR count). The molecule has 0 aromatic carbocycles. The van der Waals surface area contributed by atoms with Gasteiger partial charge >= 0.3 is 43.7 Å². The van der Waals surface area contributed by atoms with Crippen molar-refractivity contribution in [2.45, 2.75) is 13.8 Å². The molecule has 0 aliphatic rings. The van der Waals surface area contributed by atoms with Gasteiger partial charge in [-0.05, 0) is 6.92 Å². The van der Waals surface area contributed by atoms with E-state index in [1.165, 1.54) is 6.92 Å². The molecule has 0 aromatic heterocycles. The second-order valence-electron chi connectivity index (χ2n) is 0.925. The van der Waals surface area contributed by atoms with Gasteiger partial charge in [0, 0.05) is 6.92 Å². The number of rotatable bonds is 1. The van der Waals surface area contributed by atoms with Crippen molar-refractivity contribution in [3.05, 3.63) is 0 Å². The predicted octanol–water partition coefficient (Wildman–Crippen LogP) is 0.414. The number of carbonyl (C=O) groups excluding carboxylic acids is 1. The van der Waals surface area contributed by atoms with Crippen LogP contribution in [0.25, 0.3) is 0 Å². The Balaban J connectivity index is -0.0000000417. The van der Waals surface area contributed by atoms with Gasteiger partial charge in [-0.25, -0.2) is 0 Å². The molecule has 0 amide bonds. The van der Waals surface area contributed by atoms with E-state index in [0.717, 1.165) is 0 Å². The fourth-order valence-electron chi connectivity index (χ4n) is 0.203. The molecule has 40 valence electrons. The molecule has 0 heterocycles. The van der Waals surface area contributed by atoms with Gasteiger partial charge in [-0.15, -0.1) is 0 Å². The molecule has 0 aromatic rings. The Kier molecular flexibility index (Phi) is 10.3. The maximum absolute atomic E-state index is 9.82. The Labute approximate surface area is 76.2 Å². The quantitative estimate of drug-likeness (QED) is 0.379. The Morgan fingerprint density at radius 1 is 1.86 bits per heavy atom. The molecule has 0 spiro atoms. The van der Waals surface area contributed by atoms with Crippen LogP contribution in [0.3, 0.4) is 0 Å². The van der Waals surface area contributed by atoms with Gasteiger partial charge in [0.2, 0.25) is 0 Å². The molecule has 0 aliphatic carbocycles. The van der Waals surface area contributed by atoms with E-state index in [2.05, 4.69) is 4.74 Å². The molecule has 0 atom stereocenters. The fraction of sp³-hybridized carbons (Fsp3) is 0.750. The van der Waals surface area contributed by atoms with Crippen LogP contribution in [0.2, 0.25) is 0 Å². The van der Waals surface area contributed by atoms with Gasteiger partial charge in [0.05, 0.1) is 6.61 Å². The molecule has 0 saturated heterocycles. The van der Waals surface area contributed by atoms with Gasteiger partial charge in [0.25, 0.3) is 0 Å². The maximum atomic E-state index is 9.82. The van der Waals surface area contributed by atoms with Crippen LogP contribution in [-0.2, 0) is 9.53 Å². The van der Waals surface area contributed by atoms with Gasteiger partial charge < -0.3 is 7.59 Å². The zero-order chi connectivity index (χ0) is 4.99. The van der Waals surface area contributed by atoms with E-state index in [1.54, 1.807) is 6.92 Å². The number of carbonyl (C=O) groups is 1. The molecule has 3 heteroatoms. The molecular weight excluding hydrogens is 120 g/mol. The fourth-order valence-corrected chi connectivity index (χ4v) is 0.203. The first-order chi connectivity index (χ1) is 2.77. The summed E-state index contributed by atoms with van der Waals surface area (Å²) in [5.74, 6) is -0.211. The number of esters is 1. The Hall–Kier alpha value is 0.730. The first-order valence-corrected chi connectivity index (χ1v) is 1.90. The van der Waals surface area contributed by atoms with Crippen molar-refractivity contribution in [2.24, 2.45) is 0 Å². The molecule has 7 heavy (non-hydrogen) atoms. The molecule has 0 aliphatic heterocycles. The van der Waals surface area contributed by atoms with Crippen LogP contribution in [-0.4, -0.2) is 50.3 Å². The van der Waals surface area contributed by atoms with Gasteiger partial charge in [-0.1, -0.05) is 0 Å². The largest absolute Gasteiger partial charge is 2.00 e. The van der Waals surface area contributed by atoms with Crippen molar-refractivity contribution in [3.63, 3.8) is 0 Å². The van der Waals surface area contributed by atoms with Gasteiger partial charge in [0.15, 0.2) is 0 Å². The van der Waals surface area contributed by atoms with Gasteiger partial charge in [-0.3, -0.25) is 4.79 Å². The maximum Gasteiger partial charge on any atom is 2.00 e. The third-order valence-electron chi connectivity index (χ3n) is 0.348. The minimum Gasteiger partial charge on any atom is -1.00 e. The van der Waals surface area contributed by atoms with E-state index >= 15 is 0 Å². The second-order valence-corrected chi connectivity index (χ2v) is 0.925. The monoisotopic (exact) mass is 130 g/mol. The first kappa shape index (κ1) is 10.7. The van der Waals surface area contributed by atoms with Crippen LogP contribution in [0.15, 0.2) is 0 Å². The zero-order valence-corrected chi connectivity index (χ0v) is 6.94. The predicted molar refractivity (Wildman–Crippen MR) is 30.3 cm³/mol. The second kappa shape index (κ2) is 6.73. The summed E-state index contributed by atoms with van der Waals surface area (Å²) in [5, 5.41) is 0. The van der Waals surface area contributed by atoms with E-state index < -0.39 is 0 Å². The average Bonchev–Trinajstić information content (AvgIpc) is 1.35. The summed E-state index contributed by atoms with van der Waals surface area (Å²) in [7, 11) is 0. The zero-order valence-electron chi connectivity index (χ0n) is 6.73. The smallest absolute Gasteiger partial charge is 1.00 e. The molecular formula is C4H10CaO2. The van der Waals surface area contributed by atoms with E-state index in [-0.39, 0.29) is 46.6 Å². The average molecular weight is 130 g/mol. The molecule has 0 fully saturated rings. The third kappa shape index (κ3) is 10.8. The molecule has 0 unspecified atom stereocenters. The van der Waals surface area contributed by atoms with Crippen LogP contribution < -0.4 is 0 Å².